The maximum absolute atomic E-state index is 12.1. The van der Waals surface area contributed by atoms with Crippen LogP contribution in [0.1, 0.15) is 0 Å². The third-order valence-electron chi connectivity index (χ3n) is 3.64. The summed E-state index contributed by atoms with van der Waals surface area (Å²) < 4.78 is 11.4. The summed E-state index contributed by atoms with van der Waals surface area (Å²) in [6, 6.07) is 14.9. The fourth-order valence-corrected chi connectivity index (χ4v) is 2.95. The minimum Gasteiger partial charge on any atom is -0.493 e. The van der Waals surface area contributed by atoms with E-state index in [0.717, 1.165) is 15.6 Å². The number of methoxy groups -OCH3 is 2. The number of benzene rings is 2. The first-order valence-corrected chi connectivity index (χ1v) is 8.00. The Morgan fingerprint density at radius 1 is 0.958 bits per heavy atom. The molecule has 0 saturated heterocycles. The minimum atomic E-state index is -0.235. The minimum absolute atomic E-state index is 0.235. The molecule has 1 N–H and O–H groups in total. The fourth-order valence-electron chi connectivity index (χ4n) is 2.43. The predicted molar refractivity (Wildman–Crippen MR) is 96.5 cm³/mol. The molecule has 0 aliphatic carbocycles. The zero-order valence-electron chi connectivity index (χ0n) is 13.2. The monoisotopic (exact) mass is 386 g/mol. The maximum atomic E-state index is 12.1. The normalized spacial score (nSPS) is 10.5. The van der Waals surface area contributed by atoms with Crippen LogP contribution in [-0.2, 0) is 0 Å². The average molecular weight is 387 g/mol. The molecule has 0 amide bonds. The van der Waals surface area contributed by atoms with Gasteiger partial charge in [-0.05, 0) is 39.7 Å². The van der Waals surface area contributed by atoms with Crippen molar-refractivity contribution in [3.05, 3.63) is 63.4 Å². The molecule has 122 valence electrons. The predicted octanol–water partition coefficient (Wildman–Crippen LogP) is 3.88. The molecule has 0 fully saturated rings. The Labute approximate surface area is 147 Å². The van der Waals surface area contributed by atoms with E-state index < -0.39 is 0 Å². The van der Waals surface area contributed by atoms with Gasteiger partial charge in [-0.15, -0.1) is 0 Å². The van der Waals surface area contributed by atoms with Gasteiger partial charge in [0.2, 0.25) is 0 Å². The number of aromatic nitrogens is 2. The van der Waals surface area contributed by atoms with E-state index in [1.54, 1.807) is 20.3 Å². The summed E-state index contributed by atoms with van der Waals surface area (Å²) >= 11 is 3.52. The van der Waals surface area contributed by atoms with E-state index in [2.05, 4.69) is 26.1 Å². The van der Waals surface area contributed by atoms with Gasteiger partial charge < -0.3 is 9.47 Å². The largest absolute Gasteiger partial charge is 0.493 e. The van der Waals surface area contributed by atoms with E-state index >= 15 is 0 Å². The Balaban J connectivity index is 2.16. The highest BCUT2D eigenvalue weighted by Crippen LogP contribution is 2.38. The Kier molecular flexibility index (Phi) is 4.66. The van der Waals surface area contributed by atoms with E-state index in [9.17, 15) is 4.79 Å². The number of nitrogens with zero attached hydrogens (tertiary/aromatic N) is 1. The van der Waals surface area contributed by atoms with Gasteiger partial charge in [0.25, 0.3) is 5.56 Å². The molecule has 0 aliphatic rings. The molecule has 3 rings (SSSR count). The molecule has 0 radical (unpaired) electrons. The van der Waals surface area contributed by atoms with Crippen molar-refractivity contribution >= 4 is 15.9 Å². The summed E-state index contributed by atoms with van der Waals surface area (Å²) in [6.07, 6.45) is 0. The Bertz CT molecular complexity index is 923. The smallest absolute Gasteiger partial charge is 0.272 e. The van der Waals surface area contributed by atoms with E-state index in [-0.39, 0.29) is 5.56 Å². The molecule has 0 saturated carbocycles. The molecule has 0 spiro atoms. The highest BCUT2D eigenvalue weighted by atomic mass is 79.9. The van der Waals surface area contributed by atoms with Crippen LogP contribution in [0.15, 0.2) is 57.8 Å². The van der Waals surface area contributed by atoms with Gasteiger partial charge >= 0.3 is 0 Å². The number of H-pyrrole nitrogens is 1. The topological polar surface area (TPSA) is 64.2 Å². The quantitative estimate of drug-likeness (QED) is 0.738. The van der Waals surface area contributed by atoms with Crippen molar-refractivity contribution < 1.29 is 9.47 Å². The first kappa shape index (κ1) is 16.3. The van der Waals surface area contributed by atoms with Gasteiger partial charge in [0.15, 0.2) is 11.5 Å². The van der Waals surface area contributed by atoms with Crippen LogP contribution in [0, 0.1) is 0 Å². The first-order valence-electron chi connectivity index (χ1n) is 7.21. The van der Waals surface area contributed by atoms with Gasteiger partial charge in [0.05, 0.1) is 25.5 Å². The molecule has 0 unspecified atom stereocenters. The van der Waals surface area contributed by atoms with Crippen LogP contribution in [0.2, 0.25) is 0 Å². The van der Waals surface area contributed by atoms with Crippen LogP contribution in [-0.4, -0.2) is 24.4 Å². The lowest BCUT2D eigenvalue weighted by Gasteiger charge is -2.12. The second-order valence-corrected chi connectivity index (χ2v) is 5.90. The molecule has 0 atom stereocenters. The van der Waals surface area contributed by atoms with Gasteiger partial charge in [-0.25, -0.2) is 5.10 Å². The van der Waals surface area contributed by atoms with E-state index in [1.165, 1.54) is 0 Å². The summed E-state index contributed by atoms with van der Waals surface area (Å²) in [5, 5.41) is 6.72. The summed E-state index contributed by atoms with van der Waals surface area (Å²) in [5.74, 6) is 1.20. The van der Waals surface area contributed by atoms with Crippen LogP contribution < -0.4 is 15.0 Å². The molecule has 1 heterocycles. The average Bonchev–Trinajstić information content (AvgIpc) is 2.62. The maximum Gasteiger partial charge on any atom is 0.272 e. The number of aromatic amines is 1. The Hall–Kier alpha value is -2.60. The van der Waals surface area contributed by atoms with Crippen molar-refractivity contribution in [1.82, 2.24) is 10.2 Å². The van der Waals surface area contributed by atoms with Crippen molar-refractivity contribution in [3.8, 4) is 33.9 Å². The molecular weight excluding hydrogens is 372 g/mol. The Morgan fingerprint density at radius 2 is 1.62 bits per heavy atom. The number of ether oxygens (including phenoxy) is 2. The van der Waals surface area contributed by atoms with E-state index in [0.29, 0.717) is 22.8 Å². The molecule has 6 heteroatoms. The first-order chi connectivity index (χ1) is 11.6. The summed E-state index contributed by atoms with van der Waals surface area (Å²) in [5.41, 5.74) is 2.57. The van der Waals surface area contributed by atoms with Crippen molar-refractivity contribution in [2.45, 2.75) is 0 Å². The van der Waals surface area contributed by atoms with Gasteiger partial charge in [0, 0.05) is 10.0 Å². The lowest BCUT2D eigenvalue weighted by molar-refractivity contribution is 0.355. The molecular formula is C18H15BrN2O3. The molecule has 3 aromatic rings. The second kappa shape index (κ2) is 6.88. The highest BCUT2D eigenvalue weighted by molar-refractivity contribution is 9.10. The molecule has 1 aromatic heterocycles. The van der Waals surface area contributed by atoms with Gasteiger partial charge in [-0.2, -0.15) is 5.10 Å². The molecule has 2 aromatic carbocycles. The van der Waals surface area contributed by atoms with Crippen molar-refractivity contribution in [3.63, 3.8) is 0 Å². The van der Waals surface area contributed by atoms with Crippen LogP contribution in [0.3, 0.4) is 0 Å². The molecule has 0 bridgehead atoms. The summed E-state index contributed by atoms with van der Waals surface area (Å²) in [7, 11) is 3.15. The summed E-state index contributed by atoms with van der Waals surface area (Å²) in [4.78, 5) is 12.1. The lowest BCUT2D eigenvalue weighted by atomic mass is 10.0. The summed E-state index contributed by atoms with van der Waals surface area (Å²) in [6.45, 7) is 0. The zero-order valence-corrected chi connectivity index (χ0v) is 14.8. The van der Waals surface area contributed by atoms with Crippen LogP contribution >= 0.6 is 15.9 Å². The number of nitrogens with one attached hydrogen (secondary N) is 1. The third kappa shape index (κ3) is 3.05. The van der Waals surface area contributed by atoms with Crippen molar-refractivity contribution in [1.29, 1.82) is 0 Å². The van der Waals surface area contributed by atoms with Crippen LogP contribution in [0.25, 0.3) is 22.4 Å². The van der Waals surface area contributed by atoms with Gasteiger partial charge in [-0.3, -0.25) is 4.79 Å². The van der Waals surface area contributed by atoms with Crippen LogP contribution in [0.5, 0.6) is 11.5 Å². The number of rotatable bonds is 4. The lowest BCUT2D eigenvalue weighted by Crippen LogP contribution is -2.11. The SMILES string of the molecule is COc1cc(Br)c(-c2cc(-c3ccccc3)c(=O)[nH]n2)cc1OC. The second-order valence-electron chi connectivity index (χ2n) is 5.05. The molecule has 0 aliphatic heterocycles. The number of hydrogen-bond donors (Lipinski definition) is 1. The number of hydrogen-bond acceptors (Lipinski definition) is 4. The van der Waals surface area contributed by atoms with E-state index in [1.807, 2.05) is 42.5 Å². The molecule has 5 nitrogen and oxygen atoms in total. The standard InChI is InChI=1S/C18H15BrN2O3/c1-23-16-9-13(14(19)10-17(16)24-2)15-8-12(18(22)21-20-15)11-6-4-3-5-7-11/h3-10H,1-2H3,(H,21,22). The van der Waals surface area contributed by atoms with E-state index in [4.69, 9.17) is 9.47 Å². The fraction of sp³-hybridized carbons (Fsp3) is 0.111. The zero-order chi connectivity index (χ0) is 17.1. The highest BCUT2D eigenvalue weighted by Gasteiger charge is 2.14. The van der Waals surface area contributed by atoms with Gasteiger partial charge in [0.1, 0.15) is 0 Å². The van der Waals surface area contributed by atoms with Crippen molar-refractivity contribution in [2.24, 2.45) is 0 Å². The number of halogens is 1. The van der Waals surface area contributed by atoms with Crippen molar-refractivity contribution in [2.75, 3.05) is 14.2 Å². The van der Waals surface area contributed by atoms with Crippen LogP contribution in [0.4, 0.5) is 0 Å². The Morgan fingerprint density at radius 3 is 2.29 bits per heavy atom. The molecule has 24 heavy (non-hydrogen) atoms. The third-order valence-corrected chi connectivity index (χ3v) is 4.29. The van der Waals surface area contributed by atoms with Gasteiger partial charge in [-0.1, -0.05) is 30.3 Å².